The lowest BCUT2D eigenvalue weighted by molar-refractivity contribution is -0.141. The highest BCUT2D eigenvalue weighted by atomic mass is 16.5. The number of furan rings is 1. The van der Waals surface area contributed by atoms with Gasteiger partial charge in [0.15, 0.2) is 11.8 Å². The molecule has 0 aliphatic heterocycles. The number of carboxylic acid groups (broad SMARTS) is 1. The third-order valence-electron chi connectivity index (χ3n) is 4.08. The van der Waals surface area contributed by atoms with Crippen LogP contribution in [0, 0.1) is 0 Å². The van der Waals surface area contributed by atoms with Crippen LogP contribution in [0.15, 0.2) is 52.9 Å². The molecule has 0 unspecified atom stereocenters. The zero-order valence-electron chi connectivity index (χ0n) is 15.0. The molecule has 1 heterocycles. The second-order valence-electron chi connectivity index (χ2n) is 6.02. The Morgan fingerprint density at radius 1 is 1.18 bits per heavy atom. The Morgan fingerprint density at radius 3 is 2.68 bits per heavy atom. The zero-order chi connectivity index (χ0) is 20.1. The predicted octanol–water partition coefficient (Wildman–Crippen LogP) is 2.55. The van der Waals surface area contributed by atoms with Gasteiger partial charge >= 0.3 is 5.97 Å². The van der Waals surface area contributed by atoms with Gasteiger partial charge in [-0.15, -0.1) is 0 Å². The number of hydrogen-bond donors (Lipinski definition) is 3. The van der Waals surface area contributed by atoms with Crippen LogP contribution in [0.2, 0.25) is 0 Å². The van der Waals surface area contributed by atoms with Crippen molar-refractivity contribution in [1.82, 2.24) is 5.32 Å². The highest BCUT2D eigenvalue weighted by molar-refractivity contribution is 5.98. The fourth-order valence-corrected chi connectivity index (χ4v) is 2.58. The van der Waals surface area contributed by atoms with Crippen molar-refractivity contribution in [3.05, 3.63) is 59.9 Å². The second-order valence-corrected chi connectivity index (χ2v) is 6.02. The van der Waals surface area contributed by atoms with Crippen molar-refractivity contribution in [3.8, 4) is 11.5 Å². The van der Waals surface area contributed by atoms with E-state index in [1.54, 1.807) is 36.4 Å². The van der Waals surface area contributed by atoms with E-state index in [1.807, 2.05) is 0 Å². The Bertz CT molecular complexity index is 995. The smallest absolute Gasteiger partial charge is 0.328 e. The zero-order valence-corrected chi connectivity index (χ0v) is 15.0. The summed E-state index contributed by atoms with van der Waals surface area (Å²) in [6, 6.07) is 11.9. The molecule has 8 nitrogen and oxygen atoms in total. The number of aliphatic carboxylic acids is 1. The summed E-state index contributed by atoms with van der Waals surface area (Å²) in [6.45, 7) is -0.264. The number of carbonyl (C=O) groups is 2. The standard InChI is InChI=1S/C20H19NO7/c1-26-14-6-7-17-13(8-14)9-18(28-17)19(23)21-15(20(24)25)11-27-10-12-4-2-3-5-16(12)22/h2-9,15,22H,10-11H2,1H3,(H,21,23)(H,24,25)/t15-/m0/s1. The van der Waals surface area contributed by atoms with Gasteiger partial charge in [-0.3, -0.25) is 4.79 Å². The van der Waals surface area contributed by atoms with Gasteiger partial charge in [0.25, 0.3) is 5.91 Å². The largest absolute Gasteiger partial charge is 0.508 e. The van der Waals surface area contributed by atoms with Gasteiger partial charge in [0, 0.05) is 10.9 Å². The molecule has 1 aromatic heterocycles. The molecular formula is C20H19NO7. The Hall–Kier alpha value is -3.52. The number of ether oxygens (including phenoxy) is 2. The Balaban J connectivity index is 1.64. The quantitative estimate of drug-likeness (QED) is 0.545. The monoisotopic (exact) mass is 385 g/mol. The van der Waals surface area contributed by atoms with Gasteiger partial charge in [0.05, 0.1) is 20.3 Å². The van der Waals surface area contributed by atoms with E-state index in [-0.39, 0.29) is 24.7 Å². The minimum atomic E-state index is -1.28. The van der Waals surface area contributed by atoms with Gasteiger partial charge in [0.1, 0.15) is 17.1 Å². The van der Waals surface area contributed by atoms with E-state index in [0.717, 1.165) is 0 Å². The van der Waals surface area contributed by atoms with E-state index in [2.05, 4.69) is 5.32 Å². The molecule has 8 heteroatoms. The van der Waals surface area contributed by atoms with Crippen LogP contribution in [-0.4, -0.2) is 41.8 Å². The van der Waals surface area contributed by atoms with Gasteiger partial charge in [-0.2, -0.15) is 0 Å². The lowest BCUT2D eigenvalue weighted by atomic mass is 10.2. The Morgan fingerprint density at radius 2 is 1.96 bits per heavy atom. The average Bonchev–Trinajstić information content (AvgIpc) is 3.11. The first-order chi connectivity index (χ1) is 13.5. The van der Waals surface area contributed by atoms with E-state index >= 15 is 0 Å². The second kappa shape index (κ2) is 8.45. The molecule has 0 aliphatic carbocycles. The number of para-hydroxylation sites is 1. The summed E-state index contributed by atoms with van der Waals surface area (Å²) in [5, 5.41) is 22.1. The summed E-state index contributed by atoms with van der Waals surface area (Å²) in [4.78, 5) is 23.8. The number of phenols is 1. The Labute approximate surface area is 160 Å². The molecule has 0 saturated carbocycles. The van der Waals surface area contributed by atoms with Crippen LogP contribution >= 0.6 is 0 Å². The third-order valence-corrected chi connectivity index (χ3v) is 4.08. The minimum absolute atomic E-state index is 0.0107. The molecule has 0 radical (unpaired) electrons. The molecule has 3 rings (SSSR count). The number of fused-ring (bicyclic) bond motifs is 1. The molecule has 0 saturated heterocycles. The van der Waals surface area contributed by atoms with Crippen LogP contribution in [-0.2, 0) is 16.1 Å². The fraction of sp³-hybridized carbons (Fsp3) is 0.200. The van der Waals surface area contributed by atoms with Crippen molar-refractivity contribution >= 4 is 22.8 Å². The summed E-state index contributed by atoms with van der Waals surface area (Å²) >= 11 is 0. The third kappa shape index (κ3) is 4.41. The number of methoxy groups -OCH3 is 1. The van der Waals surface area contributed by atoms with E-state index in [0.29, 0.717) is 22.3 Å². The number of amides is 1. The molecule has 146 valence electrons. The van der Waals surface area contributed by atoms with E-state index in [1.165, 1.54) is 19.2 Å². The van der Waals surface area contributed by atoms with Crippen molar-refractivity contribution in [1.29, 1.82) is 0 Å². The van der Waals surface area contributed by atoms with Crippen molar-refractivity contribution in [2.45, 2.75) is 12.6 Å². The predicted molar refractivity (Wildman–Crippen MR) is 99.4 cm³/mol. The summed E-state index contributed by atoms with van der Waals surface area (Å²) in [5.41, 5.74) is 0.998. The maximum atomic E-state index is 12.4. The maximum Gasteiger partial charge on any atom is 0.328 e. The average molecular weight is 385 g/mol. The van der Waals surface area contributed by atoms with E-state index < -0.39 is 17.9 Å². The van der Waals surface area contributed by atoms with Crippen LogP contribution in [0.4, 0.5) is 0 Å². The summed E-state index contributed by atoms with van der Waals surface area (Å²) in [5.74, 6) is -1.27. The van der Waals surface area contributed by atoms with Gasteiger partial charge < -0.3 is 29.4 Å². The topological polar surface area (TPSA) is 118 Å². The molecule has 0 bridgehead atoms. The normalized spacial score (nSPS) is 11.9. The van der Waals surface area contributed by atoms with Gasteiger partial charge in [-0.1, -0.05) is 18.2 Å². The number of phenolic OH excluding ortho intramolecular Hbond substituents is 1. The summed E-state index contributed by atoms with van der Waals surface area (Å²) < 4.78 is 15.9. The van der Waals surface area contributed by atoms with Crippen LogP contribution in [0.3, 0.4) is 0 Å². The van der Waals surface area contributed by atoms with Crippen molar-refractivity contribution in [3.63, 3.8) is 0 Å². The molecular weight excluding hydrogens is 366 g/mol. The van der Waals surface area contributed by atoms with Crippen molar-refractivity contribution < 1.29 is 33.7 Å². The molecule has 0 aliphatic rings. The molecule has 2 aromatic carbocycles. The van der Waals surface area contributed by atoms with E-state index in [4.69, 9.17) is 13.9 Å². The number of aromatic hydroxyl groups is 1. The minimum Gasteiger partial charge on any atom is -0.508 e. The van der Waals surface area contributed by atoms with Gasteiger partial charge in [-0.25, -0.2) is 4.79 Å². The van der Waals surface area contributed by atoms with Crippen molar-refractivity contribution in [2.75, 3.05) is 13.7 Å². The first-order valence-electron chi connectivity index (χ1n) is 8.44. The number of hydrogen-bond acceptors (Lipinski definition) is 6. The number of nitrogens with one attached hydrogen (secondary N) is 1. The molecule has 0 spiro atoms. The first-order valence-corrected chi connectivity index (χ1v) is 8.44. The first kappa shape index (κ1) is 19.2. The highest BCUT2D eigenvalue weighted by Gasteiger charge is 2.23. The lowest BCUT2D eigenvalue weighted by Gasteiger charge is -2.14. The molecule has 28 heavy (non-hydrogen) atoms. The summed E-state index contributed by atoms with van der Waals surface area (Å²) in [6.07, 6.45) is 0. The summed E-state index contributed by atoms with van der Waals surface area (Å²) in [7, 11) is 1.53. The number of carbonyl (C=O) groups excluding carboxylic acids is 1. The SMILES string of the molecule is COc1ccc2oc(C(=O)N[C@@H](COCc3ccccc3O)C(=O)O)cc2c1. The number of carboxylic acids is 1. The van der Waals surface area contributed by atoms with E-state index in [9.17, 15) is 19.8 Å². The molecule has 0 fully saturated rings. The van der Waals surface area contributed by atoms with Crippen molar-refractivity contribution in [2.24, 2.45) is 0 Å². The molecule has 3 aromatic rings. The maximum absolute atomic E-state index is 12.4. The van der Waals surface area contributed by atoms with Crippen LogP contribution in [0.5, 0.6) is 11.5 Å². The van der Waals surface area contributed by atoms with Crippen LogP contribution in [0.25, 0.3) is 11.0 Å². The van der Waals surface area contributed by atoms with Crippen LogP contribution in [0.1, 0.15) is 16.1 Å². The van der Waals surface area contributed by atoms with Gasteiger partial charge in [0.2, 0.25) is 0 Å². The molecule has 1 amide bonds. The molecule has 3 N–H and O–H groups in total. The Kier molecular flexibility index (Phi) is 5.81. The van der Waals surface area contributed by atoms with Gasteiger partial charge in [-0.05, 0) is 30.3 Å². The fourth-order valence-electron chi connectivity index (χ4n) is 2.58. The highest BCUT2D eigenvalue weighted by Crippen LogP contribution is 2.24. The molecule has 1 atom stereocenters. The number of benzene rings is 2. The van der Waals surface area contributed by atoms with Crippen LogP contribution < -0.4 is 10.1 Å². The number of rotatable bonds is 8. The lowest BCUT2D eigenvalue weighted by Crippen LogP contribution is -2.43.